The van der Waals surface area contributed by atoms with E-state index >= 15 is 0 Å². The molecule has 1 atom stereocenters. The molecule has 0 radical (unpaired) electrons. The Morgan fingerprint density at radius 3 is 2.48 bits per heavy atom. The van der Waals surface area contributed by atoms with Gasteiger partial charge in [-0.2, -0.15) is 0 Å². The van der Waals surface area contributed by atoms with Crippen LogP contribution in [0, 0.1) is 11.6 Å². The summed E-state index contributed by atoms with van der Waals surface area (Å²) in [7, 11) is 1.79. The van der Waals surface area contributed by atoms with Gasteiger partial charge in [-0.25, -0.2) is 8.78 Å². The Balaban J connectivity index is 2.22. The second kappa shape index (κ2) is 6.98. The molecule has 2 nitrogen and oxygen atoms in total. The highest BCUT2D eigenvalue weighted by molar-refractivity contribution is 6.30. The molecule has 0 aromatic heterocycles. The number of likely N-dealkylation sites (N-methyl/N-ethyl adjacent to an activating group) is 1. The fourth-order valence-electron chi connectivity index (χ4n) is 2.32. The number of hydrogen-bond donors (Lipinski definition) is 1. The fourth-order valence-corrected chi connectivity index (χ4v) is 2.48. The number of benzene rings is 2. The highest BCUT2D eigenvalue weighted by Gasteiger charge is 2.20. The number of rotatable bonds is 5. The van der Waals surface area contributed by atoms with Crippen molar-refractivity contribution in [3.63, 3.8) is 0 Å². The summed E-state index contributed by atoms with van der Waals surface area (Å²) in [6.45, 7) is 0.570. The van der Waals surface area contributed by atoms with Crippen molar-refractivity contribution in [2.45, 2.75) is 12.6 Å². The maximum atomic E-state index is 14.0. The molecule has 0 aliphatic heterocycles. The second-order valence-corrected chi connectivity index (χ2v) is 5.36. The molecule has 0 heterocycles. The standard InChI is InChI=1S/C16H17ClF2N2/c1-21(10-11-4-2-3-5-14(11)18)16(9-20)13-7-6-12(17)8-15(13)19/h2-8,16H,9-10,20H2,1H3. The van der Waals surface area contributed by atoms with Gasteiger partial charge in [0.15, 0.2) is 0 Å². The van der Waals surface area contributed by atoms with E-state index in [1.807, 2.05) is 4.90 Å². The maximum absolute atomic E-state index is 14.0. The fraction of sp³-hybridized carbons (Fsp3) is 0.250. The first-order chi connectivity index (χ1) is 10.0. The van der Waals surface area contributed by atoms with Gasteiger partial charge >= 0.3 is 0 Å². The number of hydrogen-bond acceptors (Lipinski definition) is 2. The van der Waals surface area contributed by atoms with Gasteiger partial charge in [0.25, 0.3) is 0 Å². The lowest BCUT2D eigenvalue weighted by Crippen LogP contribution is -2.31. The Bertz CT molecular complexity index is 619. The van der Waals surface area contributed by atoms with E-state index in [0.717, 1.165) is 0 Å². The zero-order valence-electron chi connectivity index (χ0n) is 11.7. The summed E-state index contributed by atoms with van der Waals surface area (Å²) in [4.78, 5) is 1.82. The lowest BCUT2D eigenvalue weighted by Gasteiger charge is -2.28. The van der Waals surface area contributed by atoms with Gasteiger partial charge in [0.05, 0.1) is 0 Å². The van der Waals surface area contributed by atoms with Crippen LogP contribution in [0.15, 0.2) is 42.5 Å². The van der Waals surface area contributed by atoms with E-state index in [1.165, 1.54) is 12.1 Å². The molecular formula is C16H17ClF2N2. The van der Waals surface area contributed by atoms with Crippen LogP contribution in [-0.2, 0) is 6.54 Å². The van der Waals surface area contributed by atoms with Gasteiger partial charge < -0.3 is 5.73 Å². The van der Waals surface area contributed by atoms with E-state index in [4.69, 9.17) is 17.3 Å². The summed E-state index contributed by atoms with van der Waals surface area (Å²) in [5.41, 5.74) is 6.78. The van der Waals surface area contributed by atoms with Gasteiger partial charge in [-0.05, 0) is 25.2 Å². The van der Waals surface area contributed by atoms with Crippen LogP contribution < -0.4 is 5.73 Å². The molecule has 2 rings (SSSR count). The maximum Gasteiger partial charge on any atom is 0.129 e. The predicted octanol–water partition coefficient (Wildman–Crippen LogP) is 3.75. The molecule has 0 amide bonds. The van der Waals surface area contributed by atoms with Crippen molar-refractivity contribution in [3.05, 3.63) is 70.2 Å². The molecule has 0 bridgehead atoms. The van der Waals surface area contributed by atoms with Crippen molar-refractivity contribution in [3.8, 4) is 0 Å². The molecule has 1 unspecified atom stereocenters. The topological polar surface area (TPSA) is 29.3 Å². The summed E-state index contributed by atoms with van der Waals surface area (Å²) >= 11 is 5.76. The number of nitrogens with zero attached hydrogens (tertiary/aromatic N) is 1. The van der Waals surface area contributed by atoms with Crippen molar-refractivity contribution < 1.29 is 8.78 Å². The van der Waals surface area contributed by atoms with Crippen LogP contribution in [0.2, 0.25) is 5.02 Å². The molecule has 0 saturated heterocycles. The number of halogens is 3. The van der Waals surface area contributed by atoms with E-state index < -0.39 is 5.82 Å². The first-order valence-electron chi connectivity index (χ1n) is 6.61. The quantitative estimate of drug-likeness (QED) is 0.911. The lowest BCUT2D eigenvalue weighted by molar-refractivity contribution is 0.233. The minimum Gasteiger partial charge on any atom is -0.329 e. The molecule has 0 aliphatic carbocycles. The molecular weight excluding hydrogens is 294 g/mol. The van der Waals surface area contributed by atoms with E-state index in [0.29, 0.717) is 22.7 Å². The van der Waals surface area contributed by atoms with Crippen molar-refractivity contribution in [1.29, 1.82) is 0 Å². The molecule has 2 aromatic carbocycles. The Morgan fingerprint density at radius 2 is 1.86 bits per heavy atom. The molecule has 0 spiro atoms. The average Bonchev–Trinajstić information content (AvgIpc) is 2.44. The Morgan fingerprint density at radius 1 is 1.14 bits per heavy atom. The van der Waals surface area contributed by atoms with Crippen molar-refractivity contribution in [1.82, 2.24) is 4.90 Å². The van der Waals surface area contributed by atoms with Crippen LogP contribution in [0.1, 0.15) is 17.2 Å². The van der Waals surface area contributed by atoms with Gasteiger partial charge in [-0.1, -0.05) is 35.9 Å². The van der Waals surface area contributed by atoms with Crippen LogP contribution >= 0.6 is 11.6 Å². The largest absolute Gasteiger partial charge is 0.329 e. The zero-order chi connectivity index (χ0) is 15.4. The van der Waals surface area contributed by atoms with Gasteiger partial charge in [-0.15, -0.1) is 0 Å². The molecule has 0 saturated carbocycles. The molecule has 21 heavy (non-hydrogen) atoms. The van der Waals surface area contributed by atoms with Crippen LogP contribution in [0.4, 0.5) is 8.78 Å². The van der Waals surface area contributed by atoms with Gasteiger partial charge in [0.1, 0.15) is 11.6 Å². The first-order valence-corrected chi connectivity index (χ1v) is 6.99. The highest BCUT2D eigenvalue weighted by atomic mass is 35.5. The molecule has 0 fully saturated rings. The van der Waals surface area contributed by atoms with Gasteiger partial charge in [0.2, 0.25) is 0 Å². The van der Waals surface area contributed by atoms with Crippen molar-refractivity contribution >= 4 is 11.6 Å². The smallest absolute Gasteiger partial charge is 0.129 e. The summed E-state index contributed by atoms with van der Waals surface area (Å²) in [6.07, 6.45) is 0. The SMILES string of the molecule is CN(Cc1ccccc1F)C(CN)c1ccc(Cl)cc1F. The van der Waals surface area contributed by atoms with Crippen LogP contribution in [-0.4, -0.2) is 18.5 Å². The lowest BCUT2D eigenvalue weighted by atomic mass is 10.0. The van der Waals surface area contributed by atoms with E-state index in [2.05, 4.69) is 0 Å². The third kappa shape index (κ3) is 3.79. The Kier molecular flexibility index (Phi) is 5.28. The summed E-state index contributed by atoms with van der Waals surface area (Å²) in [5.74, 6) is -0.685. The molecule has 2 N–H and O–H groups in total. The normalized spacial score (nSPS) is 12.7. The number of nitrogens with two attached hydrogens (primary N) is 1. The van der Waals surface area contributed by atoms with Crippen LogP contribution in [0.25, 0.3) is 0 Å². The van der Waals surface area contributed by atoms with E-state index in [-0.39, 0.29) is 18.4 Å². The molecule has 0 aliphatic rings. The minimum atomic E-state index is -0.404. The average molecular weight is 311 g/mol. The molecule has 5 heteroatoms. The van der Waals surface area contributed by atoms with Gasteiger partial charge in [0, 0.05) is 35.3 Å². The van der Waals surface area contributed by atoms with E-state index in [1.54, 1.807) is 37.4 Å². The molecule has 112 valence electrons. The van der Waals surface area contributed by atoms with Crippen molar-refractivity contribution in [2.75, 3.05) is 13.6 Å². The predicted molar refractivity (Wildman–Crippen MR) is 81.1 cm³/mol. The van der Waals surface area contributed by atoms with E-state index in [9.17, 15) is 8.78 Å². The second-order valence-electron chi connectivity index (χ2n) is 4.92. The van der Waals surface area contributed by atoms with Crippen LogP contribution in [0.5, 0.6) is 0 Å². The monoisotopic (exact) mass is 310 g/mol. The van der Waals surface area contributed by atoms with Gasteiger partial charge in [-0.3, -0.25) is 4.90 Å². The summed E-state index contributed by atoms with van der Waals surface area (Å²) in [5, 5.41) is 0.337. The highest BCUT2D eigenvalue weighted by Crippen LogP contribution is 2.25. The Hall–Kier alpha value is -1.49. The summed E-state index contributed by atoms with van der Waals surface area (Å²) in [6, 6.07) is 10.7. The van der Waals surface area contributed by atoms with Crippen molar-refractivity contribution in [2.24, 2.45) is 5.73 Å². The minimum absolute atomic E-state index is 0.226. The Labute approximate surface area is 128 Å². The first kappa shape index (κ1) is 15.9. The third-order valence-corrected chi connectivity index (χ3v) is 3.69. The molecule has 2 aromatic rings. The third-order valence-electron chi connectivity index (χ3n) is 3.45. The summed E-state index contributed by atoms with van der Waals surface area (Å²) < 4.78 is 27.7. The van der Waals surface area contributed by atoms with Crippen LogP contribution in [0.3, 0.4) is 0 Å². The zero-order valence-corrected chi connectivity index (χ0v) is 12.4.